The fraction of sp³-hybridized carbons (Fsp3) is 0.222. The van der Waals surface area contributed by atoms with Gasteiger partial charge in [-0.3, -0.25) is 4.79 Å². The third kappa shape index (κ3) is 3.73. The smallest absolute Gasteiger partial charge is 0.338 e. The van der Waals surface area contributed by atoms with Crippen LogP contribution < -0.4 is 4.74 Å². The van der Waals surface area contributed by atoms with Gasteiger partial charge in [0.25, 0.3) is 0 Å². The third-order valence-electron chi connectivity index (χ3n) is 3.17. The molecule has 2 aromatic rings. The quantitative estimate of drug-likeness (QED) is 0.637. The highest BCUT2D eigenvalue weighted by Crippen LogP contribution is 2.25. The van der Waals surface area contributed by atoms with Crippen molar-refractivity contribution in [1.29, 1.82) is 0 Å². The number of carbonyl (C=O) groups excluding carboxylic acids is 2. The second-order valence-electron chi connectivity index (χ2n) is 4.87. The zero-order valence-electron chi connectivity index (χ0n) is 12.9. The van der Waals surface area contributed by atoms with Crippen LogP contribution in [0, 0.1) is 6.92 Å². The first-order valence-electron chi connectivity index (χ1n) is 7.08. The number of carbonyl (C=O) groups is 2. The maximum Gasteiger partial charge on any atom is 0.338 e. The zero-order valence-corrected chi connectivity index (χ0v) is 12.9. The molecule has 0 saturated heterocycles. The molecule has 0 aromatic heterocycles. The summed E-state index contributed by atoms with van der Waals surface area (Å²) in [4.78, 5) is 22.7. The van der Waals surface area contributed by atoms with Gasteiger partial charge in [-0.25, -0.2) is 4.79 Å². The zero-order chi connectivity index (χ0) is 16.1. The molecule has 0 aliphatic heterocycles. The molecule has 2 rings (SSSR count). The third-order valence-corrected chi connectivity index (χ3v) is 3.17. The minimum atomic E-state index is -0.345. The predicted octanol–water partition coefficient (Wildman–Crippen LogP) is 3.76. The molecule has 0 spiro atoms. The highest BCUT2D eigenvalue weighted by Gasteiger charge is 2.11. The Hall–Kier alpha value is -2.62. The summed E-state index contributed by atoms with van der Waals surface area (Å²) in [6.07, 6.45) is 0. The molecule has 2 aromatic carbocycles. The van der Waals surface area contributed by atoms with Crippen molar-refractivity contribution in [3.63, 3.8) is 0 Å². The second-order valence-corrected chi connectivity index (χ2v) is 4.87. The highest BCUT2D eigenvalue weighted by molar-refractivity contribution is 5.91. The Balaban J connectivity index is 2.24. The fourth-order valence-corrected chi connectivity index (χ4v) is 2.16. The molecular formula is C18H18O4. The topological polar surface area (TPSA) is 52.6 Å². The molecule has 0 radical (unpaired) electrons. The Morgan fingerprint density at radius 2 is 1.64 bits per heavy atom. The van der Waals surface area contributed by atoms with E-state index in [2.05, 4.69) is 0 Å². The van der Waals surface area contributed by atoms with E-state index in [1.165, 1.54) is 6.92 Å². The largest absolute Gasteiger partial charge is 0.462 e. The van der Waals surface area contributed by atoms with Gasteiger partial charge in [0.05, 0.1) is 12.2 Å². The molecule has 0 atom stereocenters. The van der Waals surface area contributed by atoms with Crippen LogP contribution in [0.5, 0.6) is 5.75 Å². The van der Waals surface area contributed by atoms with Crippen molar-refractivity contribution in [2.45, 2.75) is 20.8 Å². The number of ether oxygens (including phenoxy) is 2. The van der Waals surface area contributed by atoms with Crippen LogP contribution in [0.3, 0.4) is 0 Å². The van der Waals surface area contributed by atoms with E-state index in [1.807, 2.05) is 31.2 Å². The van der Waals surface area contributed by atoms with Crippen LogP contribution in [0.4, 0.5) is 0 Å². The van der Waals surface area contributed by atoms with Crippen LogP contribution in [0.1, 0.15) is 29.8 Å². The van der Waals surface area contributed by atoms with Gasteiger partial charge in [-0.1, -0.05) is 24.3 Å². The predicted molar refractivity (Wildman–Crippen MR) is 83.9 cm³/mol. The summed E-state index contributed by atoms with van der Waals surface area (Å²) in [6.45, 7) is 5.39. The maximum atomic E-state index is 11.8. The Morgan fingerprint density at radius 1 is 1.00 bits per heavy atom. The van der Waals surface area contributed by atoms with Gasteiger partial charge in [0.15, 0.2) is 0 Å². The number of hydrogen-bond acceptors (Lipinski definition) is 4. The molecule has 0 aliphatic carbocycles. The first-order valence-corrected chi connectivity index (χ1v) is 7.08. The van der Waals surface area contributed by atoms with E-state index in [0.717, 1.165) is 16.7 Å². The Morgan fingerprint density at radius 3 is 2.18 bits per heavy atom. The minimum absolute atomic E-state index is 0.309. The molecule has 0 heterocycles. The fourth-order valence-electron chi connectivity index (χ4n) is 2.16. The Bertz CT molecular complexity index is 687. The summed E-state index contributed by atoms with van der Waals surface area (Å²) in [5.74, 6) is -0.143. The molecule has 4 heteroatoms. The lowest BCUT2D eigenvalue weighted by Crippen LogP contribution is -2.06. The van der Waals surface area contributed by atoms with E-state index in [9.17, 15) is 9.59 Å². The summed E-state index contributed by atoms with van der Waals surface area (Å²) in [5, 5.41) is 0. The van der Waals surface area contributed by atoms with Gasteiger partial charge in [0.1, 0.15) is 5.75 Å². The molecule has 114 valence electrons. The normalized spacial score (nSPS) is 10.1. The van der Waals surface area contributed by atoms with E-state index in [1.54, 1.807) is 25.1 Å². The van der Waals surface area contributed by atoms with Crippen molar-refractivity contribution in [1.82, 2.24) is 0 Å². The lowest BCUT2D eigenvalue weighted by Gasteiger charge is -2.09. The van der Waals surface area contributed by atoms with Gasteiger partial charge in [-0.05, 0) is 48.7 Å². The van der Waals surface area contributed by atoms with Crippen molar-refractivity contribution >= 4 is 11.9 Å². The van der Waals surface area contributed by atoms with Crippen LogP contribution in [-0.2, 0) is 9.53 Å². The van der Waals surface area contributed by atoms with E-state index >= 15 is 0 Å². The first-order chi connectivity index (χ1) is 10.5. The molecule has 0 N–H and O–H groups in total. The number of benzene rings is 2. The van der Waals surface area contributed by atoms with Crippen molar-refractivity contribution < 1.29 is 19.1 Å². The Labute approximate surface area is 129 Å². The van der Waals surface area contributed by atoms with E-state index in [4.69, 9.17) is 9.47 Å². The molecule has 0 fully saturated rings. The number of hydrogen-bond donors (Lipinski definition) is 0. The van der Waals surface area contributed by atoms with Crippen LogP contribution >= 0.6 is 0 Å². The molecule has 4 nitrogen and oxygen atoms in total. The first kappa shape index (κ1) is 15.8. The number of rotatable bonds is 4. The van der Waals surface area contributed by atoms with E-state index < -0.39 is 0 Å². The van der Waals surface area contributed by atoms with Gasteiger partial charge >= 0.3 is 11.9 Å². The summed E-state index contributed by atoms with van der Waals surface area (Å²) in [7, 11) is 0. The standard InChI is InChI=1S/C18H18O4/c1-4-21-18(20)17-10-7-15(11-12(17)2)14-5-8-16(9-6-14)22-13(3)19/h5-11H,4H2,1-3H3. The summed E-state index contributed by atoms with van der Waals surface area (Å²) >= 11 is 0. The van der Waals surface area contributed by atoms with Crippen LogP contribution in [0.15, 0.2) is 42.5 Å². The molecule has 0 amide bonds. The van der Waals surface area contributed by atoms with Gasteiger partial charge < -0.3 is 9.47 Å². The van der Waals surface area contributed by atoms with Gasteiger partial charge in [0.2, 0.25) is 0 Å². The van der Waals surface area contributed by atoms with Crippen molar-refractivity contribution in [2.75, 3.05) is 6.61 Å². The van der Waals surface area contributed by atoms with Gasteiger partial charge in [0, 0.05) is 6.92 Å². The average molecular weight is 298 g/mol. The van der Waals surface area contributed by atoms with Gasteiger partial charge in [-0.15, -0.1) is 0 Å². The summed E-state index contributed by atoms with van der Waals surface area (Å²) < 4.78 is 10.0. The SMILES string of the molecule is CCOC(=O)c1ccc(-c2ccc(OC(C)=O)cc2)cc1C. The lowest BCUT2D eigenvalue weighted by molar-refractivity contribution is -0.131. The minimum Gasteiger partial charge on any atom is -0.462 e. The molecular weight excluding hydrogens is 280 g/mol. The lowest BCUT2D eigenvalue weighted by atomic mass is 10.00. The summed E-state index contributed by atoms with van der Waals surface area (Å²) in [6, 6.07) is 12.8. The molecule has 0 bridgehead atoms. The van der Waals surface area contributed by atoms with Crippen molar-refractivity contribution in [3.05, 3.63) is 53.6 Å². The van der Waals surface area contributed by atoms with E-state index in [0.29, 0.717) is 17.9 Å². The molecule has 0 unspecified atom stereocenters. The van der Waals surface area contributed by atoms with E-state index in [-0.39, 0.29) is 11.9 Å². The Kier molecular flexibility index (Phi) is 4.94. The highest BCUT2D eigenvalue weighted by atomic mass is 16.5. The summed E-state index contributed by atoms with van der Waals surface area (Å²) in [5.41, 5.74) is 3.40. The maximum absolute atomic E-state index is 11.8. The number of aryl methyl sites for hydroxylation is 1. The number of esters is 2. The van der Waals surface area contributed by atoms with Crippen LogP contribution in [0.2, 0.25) is 0 Å². The van der Waals surface area contributed by atoms with Crippen molar-refractivity contribution in [2.24, 2.45) is 0 Å². The molecule has 22 heavy (non-hydrogen) atoms. The molecule has 0 aliphatic rings. The molecule has 0 saturated carbocycles. The monoisotopic (exact) mass is 298 g/mol. The second kappa shape index (κ2) is 6.89. The van der Waals surface area contributed by atoms with Gasteiger partial charge in [-0.2, -0.15) is 0 Å². The van der Waals surface area contributed by atoms with Crippen LogP contribution in [0.25, 0.3) is 11.1 Å². The van der Waals surface area contributed by atoms with Crippen molar-refractivity contribution in [3.8, 4) is 16.9 Å². The van der Waals surface area contributed by atoms with Crippen LogP contribution in [-0.4, -0.2) is 18.5 Å². The average Bonchev–Trinajstić information content (AvgIpc) is 2.47.